The number of carbonyl (C=O) groups excluding carboxylic acids is 1. The van der Waals surface area contributed by atoms with Crippen LogP contribution in [0.4, 0.5) is 0 Å². The lowest BCUT2D eigenvalue weighted by atomic mass is 9.80. The van der Waals surface area contributed by atoms with Crippen molar-refractivity contribution in [2.24, 2.45) is 11.1 Å². The highest BCUT2D eigenvalue weighted by Gasteiger charge is 2.38. The van der Waals surface area contributed by atoms with E-state index in [4.69, 9.17) is 10.5 Å². The summed E-state index contributed by atoms with van der Waals surface area (Å²) < 4.78 is 4.86. The highest BCUT2D eigenvalue weighted by atomic mass is 16.5. The van der Waals surface area contributed by atoms with Crippen molar-refractivity contribution in [1.82, 2.24) is 4.98 Å². The zero-order valence-electron chi connectivity index (χ0n) is 11.8. The molecule has 0 amide bonds. The third kappa shape index (κ3) is 2.12. The van der Waals surface area contributed by atoms with Crippen molar-refractivity contribution in [3.05, 3.63) is 35.5 Å². The molecule has 2 rings (SSSR count). The number of nitrogens with two attached hydrogens (primary N) is 1. The van der Waals surface area contributed by atoms with Gasteiger partial charge in [0, 0.05) is 22.6 Å². The molecule has 102 valence electrons. The number of benzene rings is 1. The average molecular weight is 260 g/mol. The fraction of sp³-hybridized carbons (Fsp3) is 0.400. The first kappa shape index (κ1) is 13.6. The van der Waals surface area contributed by atoms with Gasteiger partial charge < -0.3 is 15.5 Å². The number of aryl methyl sites for hydroxylation is 1. The number of carbonyl (C=O) groups is 1. The lowest BCUT2D eigenvalue weighted by molar-refractivity contribution is -0.152. The molecular formula is C15H20N2O2. The van der Waals surface area contributed by atoms with Gasteiger partial charge >= 0.3 is 5.97 Å². The van der Waals surface area contributed by atoms with Crippen molar-refractivity contribution in [3.8, 4) is 0 Å². The minimum Gasteiger partial charge on any atom is -0.469 e. The molecule has 0 saturated heterocycles. The van der Waals surface area contributed by atoms with Gasteiger partial charge in [-0.2, -0.15) is 0 Å². The van der Waals surface area contributed by atoms with Gasteiger partial charge in [0.05, 0.1) is 12.5 Å². The number of methoxy groups -OCH3 is 1. The summed E-state index contributed by atoms with van der Waals surface area (Å²) in [5, 5.41) is 1.06. The summed E-state index contributed by atoms with van der Waals surface area (Å²) in [5.74, 6) is -0.301. The molecule has 1 heterocycles. The van der Waals surface area contributed by atoms with Gasteiger partial charge in [0.1, 0.15) is 0 Å². The molecule has 19 heavy (non-hydrogen) atoms. The maximum atomic E-state index is 11.9. The number of esters is 1. The summed E-state index contributed by atoms with van der Waals surface area (Å²) in [7, 11) is 1.39. The van der Waals surface area contributed by atoms with Gasteiger partial charge in [0.2, 0.25) is 0 Å². The van der Waals surface area contributed by atoms with E-state index < -0.39 is 11.5 Å². The molecule has 4 nitrogen and oxygen atoms in total. The average Bonchev–Trinajstić information content (AvgIpc) is 2.72. The normalized spacial score (nSPS) is 13.5. The molecule has 1 aromatic carbocycles. The predicted octanol–water partition coefficient (Wildman–Crippen LogP) is 2.68. The molecule has 1 unspecified atom stereocenters. The second kappa shape index (κ2) is 4.70. The van der Waals surface area contributed by atoms with Crippen LogP contribution in [0.5, 0.6) is 0 Å². The van der Waals surface area contributed by atoms with E-state index in [1.165, 1.54) is 7.11 Å². The van der Waals surface area contributed by atoms with Crippen molar-refractivity contribution >= 4 is 16.9 Å². The Bertz CT molecular complexity index is 614. The number of H-pyrrole nitrogens is 1. The van der Waals surface area contributed by atoms with Crippen LogP contribution in [0.15, 0.2) is 24.3 Å². The maximum Gasteiger partial charge on any atom is 0.313 e. The fourth-order valence-electron chi connectivity index (χ4n) is 2.45. The molecule has 0 saturated carbocycles. The third-order valence-corrected chi connectivity index (χ3v) is 3.74. The van der Waals surface area contributed by atoms with Crippen molar-refractivity contribution in [1.29, 1.82) is 0 Å². The van der Waals surface area contributed by atoms with E-state index in [1.54, 1.807) is 0 Å². The molecule has 1 aromatic heterocycles. The summed E-state index contributed by atoms with van der Waals surface area (Å²) >= 11 is 0. The molecule has 2 aromatic rings. The number of rotatable bonds is 3. The van der Waals surface area contributed by atoms with Crippen LogP contribution >= 0.6 is 0 Å². The first-order chi connectivity index (χ1) is 8.89. The Morgan fingerprint density at radius 3 is 2.63 bits per heavy atom. The lowest BCUT2D eigenvalue weighted by Gasteiger charge is -2.29. The van der Waals surface area contributed by atoms with E-state index in [1.807, 2.05) is 45.0 Å². The van der Waals surface area contributed by atoms with Gasteiger partial charge in [-0.25, -0.2) is 0 Å². The standard InChI is InChI=1S/C15H20N2O2/c1-9-12(10-7-5-6-8-11(10)17-9)13(16)15(2,3)14(18)19-4/h5-8,13,17H,16H2,1-4H3. The molecule has 0 aliphatic rings. The maximum absolute atomic E-state index is 11.9. The lowest BCUT2D eigenvalue weighted by Crippen LogP contribution is -2.37. The van der Waals surface area contributed by atoms with E-state index >= 15 is 0 Å². The SMILES string of the molecule is COC(=O)C(C)(C)C(N)c1c(C)[nH]c2ccccc12. The molecule has 0 radical (unpaired) electrons. The van der Waals surface area contributed by atoms with Crippen LogP contribution in [0.25, 0.3) is 10.9 Å². The van der Waals surface area contributed by atoms with Crippen LogP contribution in [0.3, 0.4) is 0 Å². The Morgan fingerprint density at radius 1 is 1.37 bits per heavy atom. The third-order valence-electron chi connectivity index (χ3n) is 3.74. The Morgan fingerprint density at radius 2 is 2.00 bits per heavy atom. The first-order valence-electron chi connectivity index (χ1n) is 6.30. The van der Waals surface area contributed by atoms with E-state index in [0.717, 1.165) is 22.2 Å². The number of hydrogen-bond donors (Lipinski definition) is 2. The zero-order valence-corrected chi connectivity index (χ0v) is 11.8. The Kier molecular flexibility index (Phi) is 3.37. The van der Waals surface area contributed by atoms with Crippen molar-refractivity contribution in [2.45, 2.75) is 26.8 Å². The van der Waals surface area contributed by atoms with Crippen LogP contribution < -0.4 is 5.73 Å². The zero-order chi connectivity index (χ0) is 14.2. The van der Waals surface area contributed by atoms with Gasteiger partial charge in [0.25, 0.3) is 0 Å². The highest BCUT2D eigenvalue weighted by molar-refractivity contribution is 5.87. The van der Waals surface area contributed by atoms with Gasteiger partial charge in [-0.1, -0.05) is 18.2 Å². The smallest absolute Gasteiger partial charge is 0.313 e. The number of fused-ring (bicyclic) bond motifs is 1. The summed E-state index contributed by atoms with van der Waals surface area (Å²) in [4.78, 5) is 15.2. The Balaban J connectivity index is 2.55. The molecule has 0 aliphatic carbocycles. The van der Waals surface area contributed by atoms with Crippen LogP contribution in [-0.2, 0) is 9.53 Å². The number of ether oxygens (including phenoxy) is 1. The number of hydrogen-bond acceptors (Lipinski definition) is 3. The molecule has 0 fully saturated rings. The highest BCUT2D eigenvalue weighted by Crippen LogP contribution is 2.37. The van der Waals surface area contributed by atoms with Gasteiger partial charge in [0.15, 0.2) is 0 Å². The molecule has 0 bridgehead atoms. The largest absolute Gasteiger partial charge is 0.469 e. The number of nitrogens with one attached hydrogen (secondary N) is 1. The minimum atomic E-state index is -0.773. The monoisotopic (exact) mass is 260 g/mol. The summed E-state index contributed by atoms with van der Waals surface area (Å²) in [6.45, 7) is 5.60. The van der Waals surface area contributed by atoms with Gasteiger partial charge in [-0.15, -0.1) is 0 Å². The molecule has 0 aliphatic heterocycles. The topological polar surface area (TPSA) is 68.1 Å². The number of aromatic amines is 1. The minimum absolute atomic E-state index is 0.301. The van der Waals surface area contributed by atoms with Gasteiger partial charge in [-0.3, -0.25) is 4.79 Å². The van der Waals surface area contributed by atoms with Crippen LogP contribution in [0.2, 0.25) is 0 Å². The van der Waals surface area contributed by atoms with E-state index in [9.17, 15) is 4.79 Å². The second-order valence-corrected chi connectivity index (χ2v) is 5.40. The second-order valence-electron chi connectivity index (χ2n) is 5.40. The summed E-state index contributed by atoms with van der Waals surface area (Å²) in [5.41, 5.74) is 8.57. The number of aromatic nitrogens is 1. The van der Waals surface area contributed by atoms with Gasteiger partial charge in [-0.05, 0) is 32.4 Å². The van der Waals surface area contributed by atoms with E-state index in [0.29, 0.717) is 0 Å². The van der Waals surface area contributed by atoms with E-state index in [2.05, 4.69) is 4.98 Å². The van der Waals surface area contributed by atoms with Crippen LogP contribution in [0.1, 0.15) is 31.1 Å². The van der Waals surface area contributed by atoms with E-state index in [-0.39, 0.29) is 5.97 Å². The molecule has 4 heteroatoms. The van der Waals surface area contributed by atoms with Crippen molar-refractivity contribution in [3.63, 3.8) is 0 Å². The number of para-hydroxylation sites is 1. The first-order valence-corrected chi connectivity index (χ1v) is 6.30. The quantitative estimate of drug-likeness (QED) is 0.834. The summed E-state index contributed by atoms with van der Waals surface area (Å²) in [6.07, 6.45) is 0. The molecule has 1 atom stereocenters. The molecule has 0 spiro atoms. The molecule has 3 N–H and O–H groups in total. The van der Waals surface area contributed by atoms with Crippen LogP contribution in [0, 0.1) is 12.3 Å². The van der Waals surface area contributed by atoms with Crippen molar-refractivity contribution in [2.75, 3.05) is 7.11 Å². The van der Waals surface area contributed by atoms with Crippen molar-refractivity contribution < 1.29 is 9.53 Å². The Labute approximate surface area is 112 Å². The van der Waals surface area contributed by atoms with Crippen LogP contribution in [-0.4, -0.2) is 18.1 Å². The molecular weight excluding hydrogens is 240 g/mol. The Hall–Kier alpha value is -1.81. The predicted molar refractivity (Wildman–Crippen MR) is 75.8 cm³/mol. The summed E-state index contributed by atoms with van der Waals surface area (Å²) in [6, 6.07) is 7.54. The fourth-order valence-corrected chi connectivity index (χ4v) is 2.45.